The van der Waals surface area contributed by atoms with E-state index < -0.39 is 15.8 Å². The van der Waals surface area contributed by atoms with Crippen molar-refractivity contribution in [3.63, 3.8) is 0 Å². The Morgan fingerprint density at radius 2 is 1.87 bits per heavy atom. The number of sulfonamides is 1. The highest BCUT2D eigenvalue weighted by atomic mass is 32.2. The largest absolute Gasteiger partial charge is 0.310 e. The van der Waals surface area contributed by atoms with E-state index in [1.807, 2.05) is 0 Å². The third-order valence-corrected chi connectivity index (χ3v) is 5.43. The molecule has 4 aromatic rings. The Labute approximate surface area is 170 Å². The average molecular weight is 426 g/mol. The van der Waals surface area contributed by atoms with Crippen molar-refractivity contribution < 1.29 is 17.6 Å². The fourth-order valence-corrected chi connectivity index (χ4v) is 3.77. The standard InChI is InChI=1S/C19H15FN6O3S/c1-12(27)22-18-11-26-19(23-18)7-6-17(24-26)13-8-15(10-21-9-13)25-30(28,29)16-4-2-14(20)3-5-16/h2-11,25H,1H3,(H,22,27). The number of pyridine rings is 1. The number of hydrogen-bond donors (Lipinski definition) is 2. The van der Waals surface area contributed by atoms with Gasteiger partial charge in [-0.15, -0.1) is 0 Å². The van der Waals surface area contributed by atoms with Crippen LogP contribution in [0.25, 0.3) is 16.9 Å². The molecule has 1 amide bonds. The highest BCUT2D eigenvalue weighted by molar-refractivity contribution is 7.92. The maximum atomic E-state index is 13.1. The zero-order valence-corrected chi connectivity index (χ0v) is 16.4. The van der Waals surface area contributed by atoms with E-state index in [0.29, 0.717) is 22.7 Å². The third kappa shape index (κ3) is 4.10. The molecule has 30 heavy (non-hydrogen) atoms. The van der Waals surface area contributed by atoms with Crippen LogP contribution in [0.1, 0.15) is 6.92 Å². The number of rotatable bonds is 5. The quantitative estimate of drug-likeness (QED) is 0.507. The summed E-state index contributed by atoms with van der Waals surface area (Å²) in [4.78, 5) is 19.4. The molecule has 152 valence electrons. The molecule has 0 aliphatic rings. The van der Waals surface area contributed by atoms with Crippen LogP contribution in [-0.4, -0.2) is 33.9 Å². The van der Waals surface area contributed by atoms with Gasteiger partial charge in [0.2, 0.25) is 5.91 Å². The first-order chi connectivity index (χ1) is 14.3. The lowest BCUT2D eigenvalue weighted by Gasteiger charge is -2.09. The SMILES string of the molecule is CC(=O)Nc1cn2nc(-c3cncc(NS(=O)(=O)c4ccc(F)cc4)c3)ccc2n1. The van der Waals surface area contributed by atoms with Crippen LogP contribution < -0.4 is 10.0 Å². The molecule has 2 N–H and O–H groups in total. The average Bonchev–Trinajstić information content (AvgIpc) is 3.08. The van der Waals surface area contributed by atoms with Crippen LogP contribution in [0.15, 0.2) is 66.0 Å². The minimum atomic E-state index is -3.90. The van der Waals surface area contributed by atoms with Gasteiger partial charge in [-0.3, -0.25) is 14.5 Å². The number of hydrogen-bond acceptors (Lipinski definition) is 6. The number of nitrogens with one attached hydrogen (secondary N) is 2. The summed E-state index contributed by atoms with van der Waals surface area (Å²) in [5.74, 6) is -0.407. The lowest BCUT2D eigenvalue weighted by Crippen LogP contribution is -2.13. The molecule has 0 spiro atoms. The van der Waals surface area contributed by atoms with E-state index in [2.05, 4.69) is 25.1 Å². The molecule has 3 aromatic heterocycles. The summed E-state index contributed by atoms with van der Waals surface area (Å²) < 4.78 is 42.0. The van der Waals surface area contributed by atoms with Gasteiger partial charge in [0.05, 0.1) is 28.7 Å². The molecule has 0 unspecified atom stereocenters. The molecule has 11 heteroatoms. The van der Waals surface area contributed by atoms with Crippen molar-refractivity contribution in [1.29, 1.82) is 0 Å². The molecule has 0 saturated carbocycles. The van der Waals surface area contributed by atoms with Crippen molar-refractivity contribution in [1.82, 2.24) is 19.6 Å². The van der Waals surface area contributed by atoms with Crippen molar-refractivity contribution in [3.05, 3.63) is 66.9 Å². The summed E-state index contributed by atoms with van der Waals surface area (Å²) in [5, 5.41) is 7.01. The summed E-state index contributed by atoms with van der Waals surface area (Å²) in [6.07, 6.45) is 4.46. The molecule has 0 bridgehead atoms. The number of benzene rings is 1. The Morgan fingerprint density at radius 3 is 2.60 bits per heavy atom. The second kappa shape index (κ2) is 7.52. The van der Waals surface area contributed by atoms with Gasteiger partial charge in [-0.05, 0) is 42.5 Å². The zero-order chi connectivity index (χ0) is 21.3. The fraction of sp³-hybridized carbons (Fsp3) is 0.0526. The van der Waals surface area contributed by atoms with Gasteiger partial charge in [0.15, 0.2) is 11.5 Å². The van der Waals surface area contributed by atoms with E-state index in [9.17, 15) is 17.6 Å². The number of carbonyl (C=O) groups is 1. The lowest BCUT2D eigenvalue weighted by molar-refractivity contribution is -0.114. The lowest BCUT2D eigenvalue weighted by atomic mass is 10.2. The van der Waals surface area contributed by atoms with Crippen LogP contribution in [-0.2, 0) is 14.8 Å². The maximum absolute atomic E-state index is 13.1. The van der Waals surface area contributed by atoms with E-state index >= 15 is 0 Å². The van der Waals surface area contributed by atoms with Crippen molar-refractivity contribution >= 4 is 33.1 Å². The Kier molecular flexibility index (Phi) is 4.88. The predicted octanol–water partition coefficient (Wildman–Crippen LogP) is 2.69. The first-order valence-electron chi connectivity index (χ1n) is 8.68. The number of carbonyl (C=O) groups excluding carboxylic acids is 1. The fourth-order valence-electron chi connectivity index (χ4n) is 2.74. The number of anilines is 2. The molecule has 0 atom stereocenters. The van der Waals surface area contributed by atoms with Crippen LogP contribution in [0.3, 0.4) is 0 Å². The van der Waals surface area contributed by atoms with Crippen LogP contribution in [0.2, 0.25) is 0 Å². The molecule has 0 fully saturated rings. The molecule has 0 aliphatic carbocycles. The number of amides is 1. The van der Waals surface area contributed by atoms with Gasteiger partial charge in [0.1, 0.15) is 5.82 Å². The van der Waals surface area contributed by atoms with E-state index in [0.717, 1.165) is 12.1 Å². The predicted molar refractivity (Wildman–Crippen MR) is 108 cm³/mol. The molecule has 0 saturated heterocycles. The van der Waals surface area contributed by atoms with Crippen molar-refractivity contribution in [2.75, 3.05) is 10.0 Å². The normalized spacial score (nSPS) is 11.4. The van der Waals surface area contributed by atoms with Crippen LogP contribution in [0.5, 0.6) is 0 Å². The number of halogens is 1. The monoisotopic (exact) mass is 426 g/mol. The first kappa shape index (κ1) is 19.5. The third-order valence-electron chi connectivity index (χ3n) is 4.03. The smallest absolute Gasteiger partial charge is 0.261 e. The molecule has 4 rings (SSSR count). The van der Waals surface area contributed by atoms with Crippen LogP contribution in [0.4, 0.5) is 15.9 Å². The van der Waals surface area contributed by atoms with Crippen LogP contribution >= 0.6 is 0 Å². The molecule has 9 nitrogen and oxygen atoms in total. The first-order valence-corrected chi connectivity index (χ1v) is 10.2. The van der Waals surface area contributed by atoms with Gasteiger partial charge in [-0.25, -0.2) is 22.3 Å². The molecule has 0 radical (unpaired) electrons. The van der Waals surface area contributed by atoms with Gasteiger partial charge in [-0.2, -0.15) is 5.10 Å². The zero-order valence-electron chi connectivity index (χ0n) is 15.6. The summed E-state index contributed by atoms with van der Waals surface area (Å²) in [7, 11) is -3.90. The minimum Gasteiger partial charge on any atom is -0.310 e. The van der Waals surface area contributed by atoms with Crippen LogP contribution in [0, 0.1) is 5.82 Å². The van der Waals surface area contributed by atoms with Crippen molar-refractivity contribution in [2.24, 2.45) is 0 Å². The second-order valence-electron chi connectivity index (χ2n) is 6.35. The van der Waals surface area contributed by atoms with E-state index in [1.165, 1.54) is 36.0 Å². The number of aromatic nitrogens is 4. The van der Waals surface area contributed by atoms with Crippen molar-refractivity contribution in [2.45, 2.75) is 11.8 Å². The topological polar surface area (TPSA) is 118 Å². The minimum absolute atomic E-state index is 0.0715. The Hall–Kier alpha value is -3.86. The van der Waals surface area contributed by atoms with Gasteiger partial charge < -0.3 is 5.32 Å². The van der Waals surface area contributed by atoms with Gasteiger partial charge in [-0.1, -0.05) is 0 Å². The molecular weight excluding hydrogens is 411 g/mol. The van der Waals surface area contributed by atoms with Gasteiger partial charge in [0, 0.05) is 18.7 Å². The van der Waals surface area contributed by atoms with E-state index in [-0.39, 0.29) is 16.5 Å². The number of nitrogens with zero attached hydrogens (tertiary/aromatic N) is 4. The Balaban J connectivity index is 1.63. The number of fused-ring (bicyclic) bond motifs is 1. The Morgan fingerprint density at radius 1 is 1.10 bits per heavy atom. The molecule has 0 aliphatic heterocycles. The summed E-state index contributed by atoms with van der Waals surface area (Å²) in [6, 6.07) is 9.49. The molecule has 1 aromatic carbocycles. The Bertz CT molecular complexity index is 1350. The maximum Gasteiger partial charge on any atom is 0.261 e. The summed E-state index contributed by atoms with van der Waals surface area (Å²) in [5.41, 5.74) is 1.84. The molecular formula is C19H15FN6O3S. The summed E-state index contributed by atoms with van der Waals surface area (Å²) >= 11 is 0. The van der Waals surface area contributed by atoms with Crippen molar-refractivity contribution in [3.8, 4) is 11.3 Å². The van der Waals surface area contributed by atoms with E-state index in [1.54, 1.807) is 24.4 Å². The highest BCUT2D eigenvalue weighted by Crippen LogP contribution is 2.22. The number of imidazole rings is 1. The second-order valence-corrected chi connectivity index (χ2v) is 8.03. The van der Waals surface area contributed by atoms with Gasteiger partial charge >= 0.3 is 0 Å². The molecule has 3 heterocycles. The highest BCUT2D eigenvalue weighted by Gasteiger charge is 2.15. The summed E-state index contributed by atoms with van der Waals surface area (Å²) in [6.45, 7) is 1.38. The van der Waals surface area contributed by atoms with E-state index in [4.69, 9.17) is 0 Å². The van der Waals surface area contributed by atoms with Gasteiger partial charge in [0.25, 0.3) is 10.0 Å².